The van der Waals surface area contributed by atoms with Gasteiger partial charge in [-0.3, -0.25) is 9.59 Å². The number of carbonyl (C=O) groups excluding carboxylic acids is 2. The zero-order valence-electron chi connectivity index (χ0n) is 18.6. The van der Waals surface area contributed by atoms with Crippen LogP contribution < -0.4 is 4.74 Å². The molecule has 2 aromatic carbocycles. The summed E-state index contributed by atoms with van der Waals surface area (Å²) < 4.78 is 6.06. The van der Waals surface area contributed by atoms with Gasteiger partial charge in [-0.05, 0) is 71.5 Å². The van der Waals surface area contributed by atoms with E-state index in [0.717, 1.165) is 59.4 Å². The molecule has 170 valence electrons. The van der Waals surface area contributed by atoms with Crippen LogP contribution in [0.15, 0.2) is 65.0 Å². The molecule has 6 heteroatoms. The molecule has 0 amide bonds. The van der Waals surface area contributed by atoms with Gasteiger partial charge in [-0.25, -0.2) is 0 Å². The molecule has 3 aliphatic rings. The van der Waals surface area contributed by atoms with E-state index in [1.165, 1.54) is 7.11 Å². The predicted octanol–water partition coefficient (Wildman–Crippen LogP) is 5.62. The third-order valence-electron chi connectivity index (χ3n) is 6.87. The largest absolute Gasteiger partial charge is 0.504 e. The minimum absolute atomic E-state index is 0.0803. The Kier molecular flexibility index (Phi) is 6.03. The van der Waals surface area contributed by atoms with Gasteiger partial charge >= 0.3 is 0 Å². The standard InChI is InChI=1S/C27H26INO4/c1-33-23-14-17(13-18(28)27(23)32)24-25-19(9-5-11-21(25)30)29(15-16-7-3-2-4-8-16)20-10-6-12-22(31)26(20)24/h2-4,7-8,13-14,24,32H,5-6,9-12,15H2,1H3. The zero-order chi connectivity index (χ0) is 23.1. The third kappa shape index (κ3) is 3.88. The van der Waals surface area contributed by atoms with Gasteiger partial charge in [0.25, 0.3) is 0 Å². The van der Waals surface area contributed by atoms with Gasteiger partial charge in [0.2, 0.25) is 0 Å². The summed E-state index contributed by atoms with van der Waals surface area (Å²) in [5.41, 5.74) is 5.58. The molecule has 0 saturated carbocycles. The van der Waals surface area contributed by atoms with Crippen LogP contribution in [0.5, 0.6) is 11.5 Å². The number of halogens is 1. The molecular formula is C27H26INO4. The summed E-state index contributed by atoms with van der Waals surface area (Å²) in [5, 5.41) is 10.4. The second-order valence-corrected chi connectivity index (χ2v) is 9.99. The van der Waals surface area contributed by atoms with Crippen LogP contribution in [0.1, 0.15) is 55.6 Å². The van der Waals surface area contributed by atoms with Crippen molar-refractivity contribution in [3.8, 4) is 11.5 Å². The molecule has 0 saturated heterocycles. The molecule has 5 nitrogen and oxygen atoms in total. The second-order valence-electron chi connectivity index (χ2n) is 8.83. The highest BCUT2D eigenvalue weighted by Gasteiger charge is 2.43. The maximum absolute atomic E-state index is 13.4. The number of ketones is 2. The molecule has 1 N–H and O–H groups in total. The first-order chi connectivity index (χ1) is 16.0. The van der Waals surface area contributed by atoms with Crippen LogP contribution in [-0.2, 0) is 16.1 Å². The smallest absolute Gasteiger partial charge is 0.171 e. The highest BCUT2D eigenvalue weighted by atomic mass is 127. The van der Waals surface area contributed by atoms with Crippen molar-refractivity contribution in [1.82, 2.24) is 4.90 Å². The summed E-state index contributed by atoms with van der Waals surface area (Å²) in [6.07, 6.45) is 4.28. The van der Waals surface area contributed by atoms with E-state index in [1.54, 1.807) is 6.07 Å². The number of phenols is 1. The van der Waals surface area contributed by atoms with E-state index in [0.29, 0.717) is 28.7 Å². The monoisotopic (exact) mass is 555 g/mol. The Balaban J connectivity index is 1.73. The average Bonchev–Trinajstić information content (AvgIpc) is 2.82. The predicted molar refractivity (Wildman–Crippen MR) is 134 cm³/mol. The highest BCUT2D eigenvalue weighted by Crippen LogP contribution is 2.50. The number of methoxy groups -OCH3 is 1. The first-order valence-corrected chi connectivity index (χ1v) is 12.5. The number of carbonyl (C=O) groups is 2. The number of hydrogen-bond acceptors (Lipinski definition) is 5. The minimum atomic E-state index is -0.411. The number of hydrogen-bond donors (Lipinski definition) is 1. The molecule has 0 fully saturated rings. The Morgan fingerprint density at radius 1 is 0.970 bits per heavy atom. The Morgan fingerprint density at radius 3 is 2.15 bits per heavy atom. The van der Waals surface area contributed by atoms with E-state index in [2.05, 4.69) is 39.6 Å². The van der Waals surface area contributed by atoms with Gasteiger partial charge in [0, 0.05) is 47.8 Å². The minimum Gasteiger partial charge on any atom is -0.504 e. The number of allylic oxidation sites excluding steroid dienone is 4. The molecule has 33 heavy (non-hydrogen) atoms. The Morgan fingerprint density at radius 2 is 1.58 bits per heavy atom. The van der Waals surface area contributed by atoms with Crippen molar-refractivity contribution in [3.63, 3.8) is 0 Å². The third-order valence-corrected chi connectivity index (χ3v) is 7.70. The molecule has 1 aliphatic heterocycles. The van der Waals surface area contributed by atoms with Gasteiger partial charge in [0.05, 0.1) is 10.7 Å². The van der Waals surface area contributed by atoms with Gasteiger partial charge in [-0.15, -0.1) is 0 Å². The molecule has 0 bridgehead atoms. The molecule has 2 aliphatic carbocycles. The summed E-state index contributed by atoms with van der Waals surface area (Å²) in [6, 6.07) is 13.9. The summed E-state index contributed by atoms with van der Waals surface area (Å²) in [7, 11) is 1.52. The number of Topliss-reactive ketones (excluding diaryl/α,β-unsaturated/α-hetero) is 2. The van der Waals surface area contributed by atoms with E-state index in [9.17, 15) is 14.7 Å². The van der Waals surface area contributed by atoms with E-state index in [1.807, 2.05) is 24.3 Å². The fourth-order valence-electron chi connectivity index (χ4n) is 5.42. The number of phenolic OH excluding ortho intramolecular Hbond substituents is 1. The fraction of sp³-hybridized carbons (Fsp3) is 0.333. The normalized spacial score (nSPS) is 19.0. The molecule has 0 spiro atoms. The lowest BCUT2D eigenvalue weighted by atomic mass is 9.71. The van der Waals surface area contributed by atoms with Crippen molar-refractivity contribution < 1.29 is 19.4 Å². The molecule has 0 aromatic heterocycles. The summed E-state index contributed by atoms with van der Waals surface area (Å²) >= 11 is 2.08. The van der Waals surface area contributed by atoms with Crippen LogP contribution >= 0.6 is 22.6 Å². The van der Waals surface area contributed by atoms with Gasteiger partial charge in [0.15, 0.2) is 23.1 Å². The van der Waals surface area contributed by atoms with E-state index in [-0.39, 0.29) is 17.3 Å². The molecule has 0 atom stereocenters. The van der Waals surface area contributed by atoms with Crippen LogP contribution in [0.25, 0.3) is 0 Å². The average molecular weight is 555 g/mol. The van der Waals surface area contributed by atoms with Crippen LogP contribution in [0.3, 0.4) is 0 Å². The van der Waals surface area contributed by atoms with E-state index >= 15 is 0 Å². The van der Waals surface area contributed by atoms with Crippen LogP contribution in [-0.4, -0.2) is 28.7 Å². The van der Waals surface area contributed by atoms with Crippen molar-refractivity contribution in [3.05, 3.63) is 79.7 Å². The Labute approximate surface area is 207 Å². The van der Waals surface area contributed by atoms with E-state index < -0.39 is 5.92 Å². The maximum atomic E-state index is 13.4. The topological polar surface area (TPSA) is 66.8 Å². The highest BCUT2D eigenvalue weighted by molar-refractivity contribution is 14.1. The SMILES string of the molecule is COc1cc(C2C3=C(CCCC3=O)N(Cc3ccccc3)C3=C2C(=O)CCC3)cc(I)c1O. The quantitative estimate of drug-likeness (QED) is 0.497. The van der Waals surface area contributed by atoms with Crippen LogP contribution in [0, 0.1) is 3.57 Å². The lowest BCUT2D eigenvalue weighted by molar-refractivity contribution is -0.117. The van der Waals surface area contributed by atoms with Crippen molar-refractivity contribution in [2.75, 3.05) is 7.11 Å². The number of aromatic hydroxyl groups is 1. The number of nitrogens with zero attached hydrogens (tertiary/aromatic N) is 1. The Hall–Kier alpha value is -2.61. The van der Waals surface area contributed by atoms with E-state index in [4.69, 9.17) is 4.74 Å². The van der Waals surface area contributed by atoms with Crippen molar-refractivity contribution in [2.24, 2.45) is 0 Å². The van der Waals surface area contributed by atoms with Crippen molar-refractivity contribution in [1.29, 1.82) is 0 Å². The number of benzene rings is 2. The summed E-state index contributed by atoms with van der Waals surface area (Å²) in [4.78, 5) is 29.1. The second kappa shape index (κ2) is 8.97. The molecular weight excluding hydrogens is 529 g/mol. The van der Waals surface area contributed by atoms with Crippen molar-refractivity contribution >= 4 is 34.2 Å². The van der Waals surface area contributed by atoms with Crippen molar-refractivity contribution in [2.45, 2.75) is 51.0 Å². The van der Waals surface area contributed by atoms with Gasteiger partial charge < -0.3 is 14.7 Å². The molecule has 2 aromatic rings. The van der Waals surface area contributed by atoms with Gasteiger partial charge in [0.1, 0.15) is 0 Å². The first-order valence-electron chi connectivity index (χ1n) is 11.4. The first kappa shape index (κ1) is 22.2. The lowest BCUT2D eigenvalue weighted by Gasteiger charge is -2.44. The fourth-order valence-corrected chi connectivity index (χ4v) is 6.05. The number of ether oxygens (including phenoxy) is 1. The Bertz CT molecular complexity index is 1150. The summed E-state index contributed by atoms with van der Waals surface area (Å²) in [6.45, 7) is 0.655. The molecule has 5 rings (SSSR count). The van der Waals surface area contributed by atoms with Crippen LogP contribution in [0.4, 0.5) is 0 Å². The maximum Gasteiger partial charge on any atom is 0.171 e. The molecule has 1 heterocycles. The zero-order valence-corrected chi connectivity index (χ0v) is 20.7. The van der Waals surface area contributed by atoms with Gasteiger partial charge in [-0.1, -0.05) is 30.3 Å². The molecule has 0 radical (unpaired) electrons. The van der Waals surface area contributed by atoms with Gasteiger partial charge in [-0.2, -0.15) is 0 Å². The lowest BCUT2D eigenvalue weighted by Crippen LogP contribution is -2.38. The number of rotatable bonds is 4. The summed E-state index contributed by atoms with van der Waals surface area (Å²) in [5.74, 6) is 0.263. The molecule has 0 unspecified atom stereocenters. The van der Waals surface area contributed by atoms with Crippen LogP contribution in [0.2, 0.25) is 0 Å².